The van der Waals surface area contributed by atoms with Crippen molar-refractivity contribution in [3.05, 3.63) is 90.9 Å². The van der Waals surface area contributed by atoms with E-state index in [0.717, 1.165) is 54.9 Å². The molecule has 3 rings (SSSR count). The predicted octanol–water partition coefficient (Wildman–Crippen LogP) is 7.15. The molecule has 4 nitrogen and oxygen atoms in total. The maximum atomic E-state index is 5.98. The van der Waals surface area contributed by atoms with Gasteiger partial charge >= 0.3 is 0 Å². The first-order chi connectivity index (χ1) is 18.5. The summed E-state index contributed by atoms with van der Waals surface area (Å²) in [6, 6.07) is 6.45. The zero-order valence-electron chi connectivity index (χ0n) is 23.4. The minimum Gasteiger partial charge on any atom is -0.377 e. The molecule has 1 aliphatic carbocycles. The van der Waals surface area contributed by atoms with E-state index in [1.54, 1.807) is 19.2 Å². The van der Waals surface area contributed by atoms with Crippen molar-refractivity contribution >= 4 is 17.5 Å². The van der Waals surface area contributed by atoms with Gasteiger partial charge < -0.3 is 14.4 Å². The van der Waals surface area contributed by atoms with Crippen molar-refractivity contribution in [1.29, 1.82) is 0 Å². The van der Waals surface area contributed by atoms with E-state index in [-0.39, 0.29) is 6.23 Å². The Kier molecular flexibility index (Phi) is 16.7. The van der Waals surface area contributed by atoms with Crippen LogP contribution in [0.4, 0.5) is 5.69 Å². The van der Waals surface area contributed by atoms with Gasteiger partial charge in [-0.2, -0.15) is 0 Å². The molecular weight excluding hydrogens is 468 g/mol. The average Bonchev–Trinajstić information content (AvgIpc) is 3.78. The highest BCUT2D eigenvalue weighted by Crippen LogP contribution is 2.33. The van der Waals surface area contributed by atoms with E-state index in [0.29, 0.717) is 13.0 Å². The van der Waals surface area contributed by atoms with Crippen LogP contribution in [0.15, 0.2) is 78.4 Å². The van der Waals surface area contributed by atoms with Crippen LogP contribution in [0.5, 0.6) is 0 Å². The second-order valence-corrected chi connectivity index (χ2v) is 8.75. The SMILES string of the molecule is C#C.C=CCC#C/C=C(\C=NC)C(=C)c1cc(C)ccc1N(C)C1CCCCO1.C=CCOCCC1=C[CH]1. The van der Waals surface area contributed by atoms with Crippen LogP contribution in [0.2, 0.25) is 0 Å². The Hall–Kier alpha value is -3.57. The number of benzene rings is 1. The molecule has 1 unspecified atom stereocenters. The van der Waals surface area contributed by atoms with Crippen molar-refractivity contribution in [2.24, 2.45) is 4.99 Å². The Bertz CT molecular complexity index is 1070. The molecule has 0 saturated carbocycles. The zero-order chi connectivity index (χ0) is 28.2. The molecule has 2 aliphatic rings. The summed E-state index contributed by atoms with van der Waals surface area (Å²) in [6.45, 7) is 16.0. The lowest BCUT2D eigenvalue weighted by Gasteiger charge is -2.34. The lowest BCUT2D eigenvalue weighted by Crippen LogP contribution is -2.37. The minimum absolute atomic E-state index is 0.104. The molecule has 0 amide bonds. The van der Waals surface area contributed by atoms with Gasteiger partial charge in [-0.3, -0.25) is 4.99 Å². The Balaban J connectivity index is 0.000000548. The number of terminal acetylenes is 1. The lowest BCUT2D eigenvalue weighted by atomic mass is 9.95. The van der Waals surface area contributed by atoms with Gasteiger partial charge in [0, 0.05) is 56.6 Å². The molecule has 1 aromatic rings. The molecule has 4 heteroatoms. The highest BCUT2D eigenvalue weighted by molar-refractivity contribution is 6.02. The number of aliphatic imine (C=N–C) groups is 1. The fourth-order valence-corrected chi connectivity index (χ4v) is 3.72. The highest BCUT2D eigenvalue weighted by atomic mass is 16.5. The summed E-state index contributed by atoms with van der Waals surface area (Å²) in [5.41, 5.74) is 6.64. The third kappa shape index (κ3) is 12.1. The Morgan fingerprint density at radius 3 is 2.63 bits per heavy atom. The average molecular weight is 512 g/mol. The molecule has 1 atom stereocenters. The zero-order valence-corrected chi connectivity index (χ0v) is 23.4. The monoisotopic (exact) mass is 511 g/mol. The molecule has 1 heterocycles. The van der Waals surface area contributed by atoms with Gasteiger partial charge in [-0.15, -0.1) is 26.0 Å². The van der Waals surface area contributed by atoms with Crippen LogP contribution in [-0.2, 0) is 9.47 Å². The second kappa shape index (κ2) is 19.5. The second-order valence-electron chi connectivity index (χ2n) is 8.75. The van der Waals surface area contributed by atoms with Gasteiger partial charge in [0.15, 0.2) is 0 Å². The van der Waals surface area contributed by atoms with Crippen molar-refractivity contribution < 1.29 is 9.47 Å². The van der Waals surface area contributed by atoms with E-state index in [4.69, 9.17) is 9.47 Å². The fourth-order valence-electron chi connectivity index (χ4n) is 3.72. The third-order valence-corrected chi connectivity index (χ3v) is 5.81. The standard InChI is InChI=1S/C24H30N2O.C8H11O.C2H2/c1-6-7-8-9-12-21(18-25-4)20(3)22-17-19(2)14-15-23(22)26(5)24-13-10-11-16-27-24;1-2-6-9-7-5-8-3-4-8;1-2/h6,12,14-15,17-18,24H,1,3,7,10-11,13,16H2,2,4-5H3;2-4H,1,5-7H2;1-2H/b21-12+,25-18?;;. The van der Waals surface area contributed by atoms with E-state index in [9.17, 15) is 0 Å². The predicted molar refractivity (Wildman–Crippen MR) is 165 cm³/mol. The molecule has 1 radical (unpaired) electrons. The Morgan fingerprint density at radius 2 is 2.03 bits per heavy atom. The molecule has 1 fully saturated rings. The van der Waals surface area contributed by atoms with Crippen LogP contribution < -0.4 is 4.90 Å². The quantitative estimate of drug-likeness (QED) is 0.104. The number of rotatable bonds is 11. The van der Waals surface area contributed by atoms with Crippen molar-refractivity contribution in [2.45, 2.75) is 45.3 Å². The summed E-state index contributed by atoms with van der Waals surface area (Å²) >= 11 is 0. The van der Waals surface area contributed by atoms with E-state index in [1.165, 1.54) is 17.6 Å². The van der Waals surface area contributed by atoms with Gasteiger partial charge in [-0.05, 0) is 56.4 Å². The number of hydrogen-bond donors (Lipinski definition) is 0. The number of hydrogen-bond acceptors (Lipinski definition) is 4. The number of ether oxygens (including phenoxy) is 2. The lowest BCUT2D eigenvalue weighted by molar-refractivity contribution is 0.0174. The van der Waals surface area contributed by atoms with E-state index < -0.39 is 0 Å². The smallest absolute Gasteiger partial charge is 0.129 e. The maximum absolute atomic E-state index is 5.98. The van der Waals surface area contributed by atoms with Gasteiger partial charge in [0.2, 0.25) is 0 Å². The van der Waals surface area contributed by atoms with E-state index in [2.05, 4.69) is 99.0 Å². The van der Waals surface area contributed by atoms with Crippen LogP contribution in [0.25, 0.3) is 5.57 Å². The molecule has 1 aromatic carbocycles. The Morgan fingerprint density at radius 1 is 1.26 bits per heavy atom. The first-order valence-corrected chi connectivity index (χ1v) is 12.9. The molecule has 1 saturated heterocycles. The normalized spacial score (nSPS) is 15.9. The molecule has 38 heavy (non-hydrogen) atoms. The first-order valence-electron chi connectivity index (χ1n) is 12.9. The summed E-state index contributed by atoms with van der Waals surface area (Å²) in [7, 11) is 3.86. The molecule has 201 valence electrons. The number of nitrogens with zero attached hydrogens (tertiary/aromatic N) is 2. The molecule has 1 aliphatic heterocycles. The topological polar surface area (TPSA) is 34.1 Å². The molecule has 0 bridgehead atoms. The van der Waals surface area contributed by atoms with E-state index >= 15 is 0 Å². The van der Waals surface area contributed by atoms with Crippen LogP contribution >= 0.6 is 0 Å². The summed E-state index contributed by atoms with van der Waals surface area (Å²) in [5.74, 6) is 6.13. The van der Waals surface area contributed by atoms with Crippen LogP contribution in [0.1, 0.15) is 43.2 Å². The van der Waals surface area contributed by atoms with Crippen molar-refractivity contribution in [1.82, 2.24) is 0 Å². The molecule has 0 spiro atoms. The summed E-state index contributed by atoms with van der Waals surface area (Å²) < 4.78 is 11.1. The minimum atomic E-state index is 0.104. The van der Waals surface area contributed by atoms with E-state index in [1.807, 2.05) is 12.3 Å². The van der Waals surface area contributed by atoms with Crippen molar-refractivity contribution in [3.63, 3.8) is 0 Å². The van der Waals surface area contributed by atoms with Gasteiger partial charge in [0.1, 0.15) is 6.23 Å². The third-order valence-electron chi connectivity index (χ3n) is 5.81. The van der Waals surface area contributed by atoms with Gasteiger partial charge in [-0.1, -0.05) is 53.9 Å². The highest BCUT2D eigenvalue weighted by Gasteiger charge is 2.22. The maximum Gasteiger partial charge on any atom is 0.129 e. The van der Waals surface area contributed by atoms with Gasteiger partial charge in [-0.25, -0.2) is 0 Å². The van der Waals surface area contributed by atoms with Crippen LogP contribution in [0.3, 0.4) is 0 Å². The summed E-state index contributed by atoms with van der Waals surface area (Å²) in [5, 5.41) is 0. The van der Waals surface area contributed by atoms with Crippen molar-refractivity contribution in [2.75, 3.05) is 38.8 Å². The number of anilines is 1. The van der Waals surface area contributed by atoms with Crippen molar-refractivity contribution in [3.8, 4) is 24.7 Å². The fraction of sp³-hybridized carbons (Fsp3) is 0.353. The molecular formula is C34H43N2O2. The Labute approximate surface area is 231 Å². The van der Waals surface area contributed by atoms with Gasteiger partial charge in [0.25, 0.3) is 0 Å². The summed E-state index contributed by atoms with van der Waals surface area (Å²) in [4.78, 5) is 6.41. The van der Waals surface area contributed by atoms with Crippen LogP contribution in [-0.4, -0.2) is 46.4 Å². The first kappa shape index (κ1) is 32.5. The molecule has 0 aromatic heterocycles. The number of allylic oxidation sites excluding steroid dienone is 5. The largest absolute Gasteiger partial charge is 0.377 e. The summed E-state index contributed by atoms with van der Waals surface area (Å²) in [6.07, 6.45) is 24.7. The van der Waals surface area contributed by atoms with Crippen LogP contribution in [0, 0.1) is 38.0 Å². The molecule has 0 N–H and O–H groups in total. The van der Waals surface area contributed by atoms with Gasteiger partial charge in [0.05, 0.1) is 13.2 Å². The number of aryl methyl sites for hydroxylation is 1.